The average molecular weight is 485 g/mol. The highest BCUT2D eigenvalue weighted by Crippen LogP contribution is 2.72. The molecule has 0 aliphatic heterocycles. The Balaban J connectivity index is 1.64. The molecular weight excluding hydrogens is 432 g/mol. The van der Waals surface area contributed by atoms with Crippen LogP contribution in [0, 0.1) is 45.8 Å². The summed E-state index contributed by atoms with van der Waals surface area (Å²) < 4.78 is 5.66. The Morgan fingerprint density at radius 1 is 1.14 bits per heavy atom. The van der Waals surface area contributed by atoms with E-state index in [9.17, 15) is 9.59 Å². The maximum absolute atomic E-state index is 14.2. The number of Topliss-reactive ketones (excluding diaryl/α,β-unsaturated/α-hetero) is 1. The summed E-state index contributed by atoms with van der Waals surface area (Å²) in [5.74, 6) is 3.37. The number of esters is 1. The third kappa shape index (κ3) is 4.35. The third-order valence-corrected chi connectivity index (χ3v) is 11.5. The van der Waals surface area contributed by atoms with E-state index in [2.05, 4.69) is 47.6 Å². The molecule has 0 aromatic carbocycles. The van der Waals surface area contributed by atoms with E-state index >= 15 is 0 Å². The Morgan fingerprint density at radius 3 is 2.54 bits per heavy atom. The van der Waals surface area contributed by atoms with Crippen LogP contribution >= 0.6 is 0 Å². The van der Waals surface area contributed by atoms with Crippen LogP contribution in [0.25, 0.3) is 0 Å². The fraction of sp³-hybridized carbons (Fsp3) is 0.875. The molecule has 0 amide bonds. The predicted molar refractivity (Wildman–Crippen MR) is 143 cm³/mol. The number of fused-ring (bicyclic) bond motifs is 5. The molecule has 0 spiro atoms. The largest absolute Gasteiger partial charge is 0.463 e. The number of rotatable bonds is 8. The van der Waals surface area contributed by atoms with Crippen LogP contribution in [0.1, 0.15) is 126 Å². The molecule has 0 unspecified atom stereocenters. The van der Waals surface area contributed by atoms with Gasteiger partial charge in [0.2, 0.25) is 0 Å². The summed E-state index contributed by atoms with van der Waals surface area (Å²) >= 11 is 0. The molecule has 0 heterocycles. The number of allylic oxidation sites excluding steroid dienone is 2. The van der Waals surface area contributed by atoms with Crippen molar-refractivity contribution in [1.29, 1.82) is 0 Å². The zero-order valence-corrected chi connectivity index (χ0v) is 23.8. The second-order valence-corrected chi connectivity index (χ2v) is 13.8. The van der Waals surface area contributed by atoms with E-state index in [-0.39, 0.29) is 28.3 Å². The van der Waals surface area contributed by atoms with Gasteiger partial charge in [-0.15, -0.1) is 0 Å². The molecule has 35 heavy (non-hydrogen) atoms. The van der Waals surface area contributed by atoms with Crippen molar-refractivity contribution in [3.63, 3.8) is 0 Å². The van der Waals surface area contributed by atoms with Gasteiger partial charge < -0.3 is 4.74 Å². The van der Waals surface area contributed by atoms with Gasteiger partial charge in [0.1, 0.15) is 11.9 Å². The molecule has 4 rings (SSSR count). The summed E-state index contributed by atoms with van der Waals surface area (Å²) in [7, 11) is 0. The van der Waals surface area contributed by atoms with Gasteiger partial charge in [-0.2, -0.15) is 0 Å². The molecule has 3 saturated carbocycles. The van der Waals surface area contributed by atoms with Crippen LogP contribution in [0.2, 0.25) is 0 Å². The van der Waals surface area contributed by atoms with Gasteiger partial charge in [-0.3, -0.25) is 9.59 Å². The number of hydrogen-bond donors (Lipinski definition) is 0. The monoisotopic (exact) mass is 484 g/mol. The summed E-state index contributed by atoms with van der Waals surface area (Å²) in [4.78, 5) is 25.8. The van der Waals surface area contributed by atoms with Crippen molar-refractivity contribution in [3.8, 4) is 0 Å². The molecule has 0 radical (unpaired) electrons. The molecule has 0 aromatic rings. The van der Waals surface area contributed by atoms with E-state index < -0.39 is 0 Å². The van der Waals surface area contributed by atoms with E-state index in [1.807, 2.05) is 0 Å². The first-order valence-corrected chi connectivity index (χ1v) is 14.9. The van der Waals surface area contributed by atoms with Gasteiger partial charge in [-0.05, 0) is 85.4 Å². The predicted octanol–water partition coefficient (Wildman–Crippen LogP) is 8.31. The average Bonchev–Trinajstić information content (AvgIpc) is 3.01. The molecule has 3 heteroatoms. The zero-order valence-electron chi connectivity index (χ0n) is 23.8. The van der Waals surface area contributed by atoms with E-state index in [0.29, 0.717) is 29.5 Å². The fourth-order valence-electron chi connectivity index (χ4n) is 9.66. The highest BCUT2D eigenvalue weighted by molar-refractivity contribution is 5.92. The van der Waals surface area contributed by atoms with Gasteiger partial charge in [-0.25, -0.2) is 0 Å². The fourth-order valence-corrected chi connectivity index (χ4v) is 9.66. The van der Waals surface area contributed by atoms with Crippen molar-refractivity contribution in [1.82, 2.24) is 0 Å². The summed E-state index contributed by atoms with van der Waals surface area (Å²) in [6, 6.07) is 0. The molecule has 4 aliphatic rings. The van der Waals surface area contributed by atoms with Gasteiger partial charge in [0.25, 0.3) is 0 Å². The van der Waals surface area contributed by atoms with Crippen LogP contribution < -0.4 is 0 Å². The maximum atomic E-state index is 14.2. The molecule has 0 saturated heterocycles. The first-order chi connectivity index (χ1) is 16.5. The van der Waals surface area contributed by atoms with Crippen LogP contribution in [0.5, 0.6) is 0 Å². The van der Waals surface area contributed by atoms with E-state index in [1.54, 1.807) is 5.57 Å². The van der Waals surface area contributed by atoms with Gasteiger partial charge in [-0.1, -0.05) is 78.9 Å². The first kappa shape index (κ1) is 26.9. The van der Waals surface area contributed by atoms with E-state index in [0.717, 1.165) is 50.9 Å². The Hall–Kier alpha value is -1.12. The minimum Gasteiger partial charge on any atom is -0.463 e. The minimum atomic E-state index is -0.248. The molecule has 8 atom stereocenters. The van der Waals surface area contributed by atoms with E-state index in [1.165, 1.54) is 39.0 Å². The molecule has 4 aliphatic carbocycles. The Bertz CT molecular complexity index is 842. The lowest BCUT2D eigenvalue weighted by atomic mass is 9.42. The van der Waals surface area contributed by atoms with Gasteiger partial charge in [0.15, 0.2) is 0 Å². The quantitative estimate of drug-likeness (QED) is 0.257. The number of carbonyl (C=O) groups is 2. The second kappa shape index (κ2) is 9.97. The van der Waals surface area contributed by atoms with Crippen LogP contribution in [0.15, 0.2) is 11.6 Å². The van der Waals surface area contributed by atoms with Crippen molar-refractivity contribution in [3.05, 3.63) is 11.6 Å². The molecular formula is C32H52O3. The van der Waals surface area contributed by atoms with Gasteiger partial charge in [0.05, 0.1) is 5.41 Å². The lowest BCUT2D eigenvalue weighted by Crippen LogP contribution is -2.56. The number of ketones is 1. The standard InChI is InChI=1S/C32H52O3/c1-8-16-32-27-13-12-24-19-25(35-23(5)33)14-17-30(24,6)26(27)15-18-31(32,7)28(20-29(32)34)22(4)11-9-10-21(2)3/h13,21-22,24-26,28H,8-12,14-20H2,1-7H3/t22-,24+,25+,26+,28-,30+,31-,32-/m1/s1. The van der Waals surface area contributed by atoms with Crippen molar-refractivity contribution in [2.75, 3.05) is 0 Å². The van der Waals surface area contributed by atoms with Crippen LogP contribution in [0.4, 0.5) is 0 Å². The van der Waals surface area contributed by atoms with Crippen molar-refractivity contribution in [2.45, 2.75) is 132 Å². The maximum Gasteiger partial charge on any atom is 0.302 e. The highest BCUT2D eigenvalue weighted by Gasteiger charge is 2.68. The number of ether oxygens (including phenoxy) is 1. The summed E-state index contributed by atoms with van der Waals surface area (Å²) in [5, 5.41) is 0. The Morgan fingerprint density at radius 2 is 1.89 bits per heavy atom. The lowest BCUT2D eigenvalue weighted by molar-refractivity contribution is -0.153. The van der Waals surface area contributed by atoms with Crippen LogP contribution in [-0.4, -0.2) is 17.9 Å². The lowest BCUT2D eigenvalue weighted by Gasteiger charge is -2.61. The summed E-state index contributed by atoms with van der Waals surface area (Å²) in [6.45, 7) is 15.9. The third-order valence-electron chi connectivity index (χ3n) is 11.5. The van der Waals surface area contributed by atoms with Crippen LogP contribution in [-0.2, 0) is 14.3 Å². The SMILES string of the molecule is CCC[C@@]12C(=O)C[C@H]([C@H](C)CCCC(C)C)[C@@]1(C)CC[C@H]1C2=CC[C@H]2C[C@@H](OC(C)=O)CC[C@@]21C. The molecule has 0 bridgehead atoms. The van der Waals surface area contributed by atoms with Crippen LogP contribution in [0.3, 0.4) is 0 Å². The first-order valence-electron chi connectivity index (χ1n) is 14.9. The minimum absolute atomic E-state index is 0.0724. The normalized spacial score (nSPS) is 41.6. The molecule has 0 N–H and O–H groups in total. The second-order valence-electron chi connectivity index (χ2n) is 13.8. The van der Waals surface area contributed by atoms with Gasteiger partial charge in [0, 0.05) is 13.3 Å². The Labute approximate surface area is 215 Å². The summed E-state index contributed by atoms with van der Waals surface area (Å²) in [5.41, 5.74) is 1.61. The Kier molecular flexibility index (Phi) is 7.67. The van der Waals surface area contributed by atoms with Crippen molar-refractivity contribution < 1.29 is 14.3 Å². The zero-order chi connectivity index (χ0) is 25.6. The smallest absolute Gasteiger partial charge is 0.302 e. The molecule has 0 aromatic heterocycles. The van der Waals surface area contributed by atoms with Gasteiger partial charge >= 0.3 is 5.97 Å². The number of hydrogen-bond acceptors (Lipinski definition) is 3. The van der Waals surface area contributed by atoms with E-state index in [4.69, 9.17) is 4.74 Å². The topological polar surface area (TPSA) is 43.4 Å². The molecule has 198 valence electrons. The number of carbonyl (C=O) groups excluding carboxylic acids is 2. The van der Waals surface area contributed by atoms with Crippen molar-refractivity contribution in [2.24, 2.45) is 45.8 Å². The molecule has 3 nitrogen and oxygen atoms in total. The highest BCUT2D eigenvalue weighted by atomic mass is 16.5. The molecule has 3 fully saturated rings. The summed E-state index contributed by atoms with van der Waals surface area (Å²) in [6.07, 6.45) is 15.9. The van der Waals surface area contributed by atoms with Crippen molar-refractivity contribution >= 4 is 11.8 Å².